The predicted molar refractivity (Wildman–Crippen MR) is 70.5 cm³/mol. The minimum absolute atomic E-state index is 0.350. The molecule has 1 aromatic rings. The van der Waals surface area contributed by atoms with Crippen molar-refractivity contribution in [1.82, 2.24) is 8.87 Å². The normalized spacial score (nSPS) is 22.3. The summed E-state index contributed by atoms with van der Waals surface area (Å²) >= 11 is 0. The standard InChI is InChI=1S/C12H21N3O2S/c1-10-4-3-5-15(8-10)18(16,17)12-6-11(7-13)14(2)9-12/h6,9-10H,3-5,7-8,13H2,1-2H3. The molecule has 2 rings (SSSR count). The molecule has 0 amide bonds. The van der Waals surface area contributed by atoms with Crippen LogP contribution in [-0.4, -0.2) is 30.4 Å². The molecular weight excluding hydrogens is 250 g/mol. The van der Waals surface area contributed by atoms with Crippen LogP contribution in [0.25, 0.3) is 0 Å². The summed E-state index contributed by atoms with van der Waals surface area (Å²) in [5.74, 6) is 0.436. The van der Waals surface area contributed by atoms with E-state index in [2.05, 4.69) is 6.92 Å². The first-order valence-corrected chi connectivity index (χ1v) is 7.74. The number of aryl methyl sites for hydroxylation is 1. The van der Waals surface area contributed by atoms with Crippen LogP contribution in [0.1, 0.15) is 25.5 Å². The van der Waals surface area contributed by atoms with Gasteiger partial charge in [0.15, 0.2) is 0 Å². The van der Waals surface area contributed by atoms with Crippen LogP contribution in [0.5, 0.6) is 0 Å². The van der Waals surface area contributed by atoms with E-state index in [9.17, 15) is 8.42 Å². The Morgan fingerprint density at radius 1 is 1.50 bits per heavy atom. The number of piperidine rings is 1. The van der Waals surface area contributed by atoms with Gasteiger partial charge in [-0.2, -0.15) is 4.31 Å². The zero-order valence-corrected chi connectivity index (χ0v) is 11.8. The van der Waals surface area contributed by atoms with Gasteiger partial charge in [0.05, 0.1) is 0 Å². The summed E-state index contributed by atoms with van der Waals surface area (Å²) in [7, 11) is -1.53. The highest BCUT2D eigenvalue weighted by Gasteiger charge is 2.29. The van der Waals surface area contributed by atoms with Gasteiger partial charge in [-0.25, -0.2) is 8.42 Å². The highest BCUT2D eigenvalue weighted by atomic mass is 32.2. The molecule has 1 fully saturated rings. The lowest BCUT2D eigenvalue weighted by molar-refractivity contribution is 0.281. The number of hydrogen-bond donors (Lipinski definition) is 1. The third-order valence-corrected chi connectivity index (χ3v) is 5.38. The highest BCUT2D eigenvalue weighted by Crippen LogP contribution is 2.24. The second-order valence-electron chi connectivity index (χ2n) is 5.09. The number of nitrogens with zero attached hydrogens (tertiary/aromatic N) is 2. The van der Waals surface area contributed by atoms with Crippen molar-refractivity contribution in [2.45, 2.75) is 31.2 Å². The van der Waals surface area contributed by atoms with Crippen LogP contribution in [0.4, 0.5) is 0 Å². The lowest BCUT2D eigenvalue weighted by Gasteiger charge is -2.29. The molecule has 5 nitrogen and oxygen atoms in total. The third-order valence-electron chi connectivity index (χ3n) is 3.55. The molecule has 1 aliphatic heterocycles. The summed E-state index contributed by atoms with van der Waals surface area (Å²) in [5, 5.41) is 0. The Kier molecular flexibility index (Phi) is 3.79. The zero-order chi connectivity index (χ0) is 13.3. The summed E-state index contributed by atoms with van der Waals surface area (Å²) in [6, 6.07) is 1.68. The van der Waals surface area contributed by atoms with Gasteiger partial charge in [0.2, 0.25) is 10.0 Å². The van der Waals surface area contributed by atoms with Crippen molar-refractivity contribution in [2.75, 3.05) is 13.1 Å². The first-order valence-electron chi connectivity index (χ1n) is 6.30. The fourth-order valence-corrected chi connectivity index (χ4v) is 4.13. The number of rotatable bonds is 3. The lowest BCUT2D eigenvalue weighted by atomic mass is 10.0. The molecule has 2 heterocycles. The van der Waals surface area contributed by atoms with Crippen molar-refractivity contribution in [3.8, 4) is 0 Å². The van der Waals surface area contributed by atoms with Gasteiger partial charge in [-0.05, 0) is 24.8 Å². The maximum absolute atomic E-state index is 12.5. The molecule has 0 aliphatic carbocycles. The Morgan fingerprint density at radius 3 is 2.78 bits per heavy atom. The number of aromatic nitrogens is 1. The Hall–Kier alpha value is -0.850. The summed E-state index contributed by atoms with van der Waals surface area (Å²) in [6.07, 6.45) is 3.70. The van der Waals surface area contributed by atoms with E-state index in [0.29, 0.717) is 30.4 Å². The van der Waals surface area contributed by atoms with Gasteiger partial charge in [0.1, 0.15) is 4.90 Å². The maximum Gasteiger partial charge on any atom is 0.244 e. The van der Waals surface area contributed by atoms with E-state index in [1.54, 1.807) is 21.1 Å². The average molecular weight is 271 g/mol. The molecule has 1 aromatic heterocycles. The molecule has 1 saturated heterocycles. The van der Waals surface area contributed by atoms with Gasteiger partial charge in [0, 0.05) is 38.6 Å². The maximum atomic E-state index is 12.5. The van der Waals surface area contributed by atoms with Crippen molar-refractivity contribution >= 4 is 10.0 Å². The van der Waals surface area contributed by atoms with Crippen LogP contribution in [0, 0.1) is 5.92 Å². The largest absolute Gasteiger partial charge is 0.352 e. The summed E-state index contributed by atoms with van der Waals surface area (Å²) in [4.78, 5) is 0.361. The fraction of sp³-hybridized carbons (Fsp3) is 0.667. The molecule has 6 heteroatoms. The van der Waals surface area contributed by atoms with Gasteiger partial charge in [-0.1, -0.05) is 6.92 Å². The van der Waals surface area contributed by atoms with E-state index >= 15 is 0 Å². The molecule has 102 valence electrons. The average Bonchev–Trinajstić information content (AvgIpc) is 2.71. The van der Waals surface area contributed by atoms with Crippen LogP contribution in [0.15, 0.2) is 17.2 Å². The van der Waals surface area contributed by atoms with Gasteiger partial charge >= 0.3 is 0 Å². The van der Waals surface area contributed by atoms with Crippen molar-refractivity contribution in [1.29, 1.82) is 0 Å². The molecule has 1 atom stereocenters. The molecule has 0 radical (unpaired) electrons. The number of nitrogens with two attached hydrogens (primary N) is 1. The van der Waals surface area contributed by atoms with Gasteiger partial charge in [-0.3, -0.25) is 0 Å². The first kappa shape index (κ1) is 13.6. The van der Waals surface area contributed by atoms with Gasteiger partial charge in [0.25, 0.3) is 0 Å². The van der Waals surface area contributed by atoms with Crippen LogP contribution in [0.3, 0.4) is 0 Å². The van der Waals surface area contributed by atoms with E-state index in [1.807, 2.05) is 7.05 Å². The quantitative estimate of drug-likeness (QED) is 0.888. The molecular formula is C12H21N3O2S. The summed E-state index contributed by atoms with van der Waals surface area (Å²) < 4.78 is 28.3. The van der Waals surface area contributed by atoms with Crippen LogP contribution < -0.4 is 5.73 Å². The number of hydrogen-bond acceptors (Lipinski definition) is 3. The van der Waals surface area contributed by atoms with Gasteiger partial charge < -0.3 is 10.3 Å². The van der Waals surface area contributed by atoms with E-state index in [-0.39, 0.29) is 0 Å². The van der Waals surface area contributed by atoms with E-state index < -0.39 is 10.0 Å². The zero-order valence-electron chi connectivity index (χ0n) is 11.0. The van der Waals surface area contributed by atoms with Crippen LogP contribution in [-0.2, 0) is 23.6 Å². The van der Waals surface area contributed by atoms with E-state index in [0.717, 1.165) is 18.5 Å². The lowest BCUT2D eigenvalue weighted by Crippen LogP contribution is -2.38. The molecule has 0 bridgehead atoms. The van der Waals surface area contributed by atoms with Crippen LogP contribution in [0.2, 0.25) is 0 Å². The molecule has 1 unspecified atom stereocenters. The predicted octanol–water partition coefficient (Wildman–Crippen LogP) is 0.904. The minimum atomic E-state index is -3.35. The molecule has 18 heavy (non-hydrogen) atoms. The Labute approximate surface area is 109 Å². The summed E-state index contributed by atoms with van der Waals surface area (Å²) in [5.41, 5.74) is 6.41. The van der Waals surface area contributed by atoms with Crippen molar-refractivity contribution in [3.05, 3.63) is 18.0 Å². The second kappa shape index (κ2) is 5.03. The first-order chi connectivity index (χ1) is 8.45. The Morgan fingerprint density at radius 2 is 2.22 bits per heavy atom. The number of sulfonamides is 1. The van der Waals surface area contributed by atoms with Crippen molar-refractivity contribution < 1.29 is 8.42 Å². The molecule has 1 aliphatic rings. The molecule has 0 spiro atoms. The molecule has 0 aromatic carbocycles. The van der Waals surface area contributed by atoms with Gasteiger partial charge in [-0.15, -0.1) is 0 Å². The van der Waals surface area contributed by atoms with E-state index in [4.69, 9.17) is 5.73 Å². The van der Waals surface area contributed by atoms with Crippen LogP contribution >= 0.6 is 0 Å². The topological polar surface area (TPSA) is 68.3 Å². The third kappa shape index (κ3) is 2.46. The second-order valence-corrected chi connectivity index (χ2v) is 7.03. The van der Waals surface area contributed by atoms with Crippen molar-refractivity contribution in [2.24, 2.45) is 18.7 Å². The fourth-order valence-electron chi connectivity index (χ4n) is 2.43. The Bertz CT molecular complexity index is 521. The highest BCUT2D eigenvalue weighted by molar-refractivity contribution is 7.89. The minimum Gasteiger partial charge on any atom is -0.352 e. The van der Waals surface area contributed by atoms with Crippen molar-refractivity contribution in [3.63, 3.8) is 0 Å². The monoisotopic (exact) mass is 271 g/mol. The smallest absolute Gasteiger partial charge is 0.244 e. The molecule has 2 N–H and O–H groups in total. The Balaban J connectivity index is 2.29. The SMILES string of the molecule is CC1CCCN(S(=O)(=O)c2cc(CN)n(C)c2)C1. The summed E-state index contributed by atoms with van der Waals surface area (Å²) in [6.45, 7) is 3.69. The molecule has 0 saturated carbocycles. The van der Waals surface area contributed by atoms with E-state index in [1.165, 1.54) is 0 Å².